The molecule has 1 amide bonds. The molecular formula is C15H23N3O2. The lowest BCUT2D eigenvalue weighted by atomic mass is 9.80. The van der Waals surface area contributed by atoms with Gasteiger partial charge in [-0.15, -0.1) is 0 Å². The minimum Gasteiger partial charge on any atom is -0.393 e. The lowest BCUT2D eigenvalue weighted by Crippen LogP contribution is -2.45. The number of likely N-dealkylation sites (tertiary alicyclic amines) is 1. The molecule has 3 atom stereocenters. The van der Waals surface area contributed by atoms with Crippen LogP contribution in [0.3, 0.4) is 0 Å². The third-order valence-corrected chi connectivity index (χ3v) is 4.88. The Balaban J connectivity index is 1.78. The van der Waals surface area contributed by atoms with Gasteiger partial charge in [0.25, 0.3) is 5.91 Å². The molecule has 2 heterocycles. The van der Waals surface area contributed by atoms with Gasteiger partial charge in [0.15, 0.2) is 0 Å². The van der Waals surface area contributed by atoms with Crippen molar-refractivity contribution < 1.29 is 9.90 Å². The third-order valence-electron chi connectivity index (χ3n) is 4.88. The van der Waals surface area contributed by atoms with Gasteiger partial charge in [-0.05, 0) is 31.7 Å². The second-order valence-electron chi connectivity index (χ2n) is 6.06. The summed E-state index contributed by atoms with van der Waals surface area (Å²) in [6.07, 6.45) is 7.69. The van der Waals surface area contributed by atoms with E-state index in [0.29, 0.717) is 5.69 Å². The predicted molar refractivity (Wildman–Crippen MR) is 75.2 cm³/mol. The molecule has 110 valence electrons. The smallest absolute Gasteiger partial charge is 0.272 e. The minimum absolute atomic E-state index is 0.0604. The van der Waals surface area contributed by atoms with Crippen LogP contribution in [0.5, 0.6) is 0 Å². The van der Waals surface area contributed by atoms with Crippen LogP contribution in [-0.2, 0) is 7.05 Å². The van der Waals surface area contributed by atoms with Crippen LogP contribution < -0.4 is 0 Å². The summed E-state index contributed by atoms with van der Waals surface area (Å²) in [5.74, 6) is 0.314. The summed E-state index contributed by atoms with van der Waals surface area (Å²) in [5, 5.41) is 14.3. The van der Waals surface area contributed by atoms with Crippen molar-refractivity contribution >= 4 is 5.91 Å². The SMILES string of the molecule is Cn1nccc1C(=O)N1CCCC1C1CCCCC1O. The molecule has 1 aromatic rings. The summed E-state index contributed by atoms with van der Waals surface area (Å²) in [7, 11) is 1.80. The molecule has 1 aromatic heterocycles. The first-order valence-electron chi connectivity index (χ1n) is 7.65. The highest BCUT2D eigenvalue weighted by atomic mass is 16.3. The van der Waals surface area contributed by atoms with Crippen LogP contribution in [0, 0.1) is 5.92 Å². The number of hydrogen-bond donors (Lipinski definition) is 1. The highest BCUT2D eigenvalue weighted by molar-refractivity contribution is 5.92. The van der Waals surface area contributed by atoms with Gasteiger partial charge in [-0.2, -0.15) is 5.10 Å². The number of aliphatic hydroxyl groups excluding tert-OH is 1. The number of aromatic nitrogens is 2. The van der Waals surface area contributed by atoms with Gasteiger partial charge in [-0.25, -0.2) is 0 Å². The fourth-order valence-corrected chi connectivity index (χ4v) is 3.81. The Morgan fingerprint density at radius 1 is 1.30 bits per heavy atom. The number of carbonyl (C=O) groups is 1. The first-order chi connectivity index (χ1) is 9.68. The zero-order valence-corrected chi connectivity index (χ0v) is 12.0. The van der Waals surface area contributed by atoms with Crippen molar-refractivity contribution in [3.05, 3.63) is 18.0 Å². The van der Waals surface area contributed by atoms with E-state index in [1.807, 2.05) is 4.90 Å². The van der Waals surface area contributed by atoms with E-state index in [2.05, 4.69) is 5.10 Å². The predicted octanol–water partition coefficient (Wildman–Crippen LogP) is 1.58. The van der Waals surface area contributed by atoms with Crippen LogP contribution in [0.4, 0.5) is 0 Å². The normalized spacial score (nSPS) is 30.7. The van der Waals surface area contributed by atoms with Crippen molar-refractivity contribution in [3.63, 3.8) is 0 Å². The average molecular weight is 277 g/mol. The Hall–Kier alpha value is -1.36. The molecule has 5 heteroatoms. The lowest BCUT2D eigenvalue weighted by molar-refractivity contribution is 0.0207. The summed E-state index contributed by atoms with van der Waals surface area (Å²) in [6, 6.07) is 1.97. The lowest BCUT2D eigenvalue weighted by Gasteiger charge is -2.37. The van der Waals surface area contributed by atoms with E-state index in [0.717, 1.165) is 38.6 Å². The average Bonchev–Trinajstić information content (AvgIpc) is 3.07. The first kappa shape index (κ1) is 13.6. The Bertz CT molecular complexity index is 485. The van der Waals surface area contributed by atoms with E-state index in [4.69, 9.17) is 0 Å². The van der Waals surface area contributed by atoms with Crippen molar-refractivity contribution in [2.75, 3.05) is 6.54 Å². The number of hydrogen-bond acceptors (Lipinski definition) is 3. The van der Waals surface area contributed by atoms with Crippen molar-refractivity contribution in [2.45, 2.75) is 50.7 Å². The molecule has 20 heavy (non-hydrogen) atoms. The maximum atomic E-state index is 12.7. The molecule has 0 spiro atoms. The molecule has 0 radical (unpaired) electrons. The maximum Gasteiger partial charge on any atom is 0.272 e. The Morgan fingerprint density at radius 3 is 2.80 bits per heavy atom. The van der Waals surface area contributed by atoms with E-state index in [-0.39, 0.29) is 24.0 Å². The highest BCUT2D eigenvalue weighted by Crippen LogP contribution is 2.35. The molecule has 1 saturated heterocycles. The van der Waals surface area contributed by atoms with Crippen molar-refractivity contribution in [1.29, 1.82) is 0 Å². The zero-order chi connectivity index (χ0) is 14.1. The van der Waals surface area contributed by atoms with Gasteiger partial charge in [0.1, 0.15) is 5.69 Å². The van der Waals surface area contributed by atoms with Crippen LogP contribution >= 0.6 is 0 Å². The van der Waals surface area contributed by atoms with Crippen molar-refractivity contribution in [3.8, 4) is 0 Å². The van der Waals surface area contributed by atoms with Gasteiger partial charge < -0.3 is 10.0 Å². The van der Waals surface area contributed by atoms with Crippen LogP contribution in [-0.4, -0.2) is 44.4 Å². The molecule has 1 aliphatic heterocycles. The van der Waals surface area contributed by atoms with Crippen LogP contribution in [0.2, 0.25) is 0 Å². The molecule has 0 bridgehead atoms. The molecule has 1 N–H and O–H groups in total. The van der Waals surface area contributed by atoms with E-state index in [1.54, 1.807) is 24.0 Å². The van der Waals surface area contributed by atoms with Crippen molar-refractivity contribution in [2.24, 2.45) is 13.0 Å². The van der Waals surface area contributed by atoms with E-state index < -0.39 is 0 Å². The number of aryl methyl sites for hydroxylation is 1. The monoisotopic (exact) mass is 277 g/mol. The molecule has 5 nitrogen and oxygen atoms in total. The van der Waals surface area contributed by atoms with Gasteiger partial charge in [-0.1, -0.05) is 12.8 Å². The van der Waals surface area contributed by atoms with Gasteiger partial charge in [-0.3, -0.25) is 9.48 Å². The summed E-state index contributed by atoms with van der Waals surface area (Å²) in [4.78, 5) is 14.6. The fourth-order valence-electron chi connectivity index (χ4n) is 3.81. The number of nitrogens with zero attached hydrogens (tertiary/aromatic N) is 3. The molecule has 3 rings (SSSR count). The van der Waals surface area contributed by atoms with Crippen molar-refractivity contribution in [1.82, 2.24) is 14.7 Å². The molecule has 0 aromatic carbocycles. The maximum absolute atomic E-state index is 12.7. The quantitative estimate of drug-likeness (QED) is 0.893. The number of amides is 1. The van der Waals surface area contributed by atoms with Gasteiger partial charge >= 0.3 is 0 Å². The molecule has 3 unspecified atom stereocenters. The molecule has 2 aliphatic rings. The van der Waals surface area contributed by atoms with E-state index in [9.17, 15) is 9.90 Å². The Labute approximate surface area is 119 Å². The topological polar surface area (TPSA) is 58.4 Å². The number of rotatable bonds is 2. The Morgan fingerprint density at radius 2 is 2.10 bits per heavy atom. The third kappa shape index (κ3) is 2.35. The Kier molecular flexibility index (Phi) is 3.78. The van der Waals surface area contributed by atoms with Crippen LogP contribution in [0.25, 0.3) is 0 Å². The molecular weight excluding hydrogens is 254 g/mol. The first-order valence-corrected chi connectivity index (χ1v) is 7.65. The highest BCUT2D eigenvalue weighted by Gasteiger charge is 2.39. The summed E-state index contributed by atoms with van der Waals surface area (Å²) < 4.78 is 1.63. The van der Waals surface area contributed by atoms with Gasteiger partial charge in [0.2, 0.25) is 0 Å². The van der Waals surface area contributed by atoms with E-state index >= 15 is 0 Å². The largest absolute Gasteiger partial charge is 0.393 e. The van der Waals surface area contributed by atoms with E-state index in [1.165, 1.54) is 6.42 Å². The summed E-state index contributed by atoms with van der Waals surface area (Å²) in [6.45, 7) is 0.803. The zero-order valence-electron chi connectivity index (χ0n) is 12.0. The summed E-state index contributed by atoms with van der Waals surface area (Å²) >= 11 is 0. The second-order valence-corrected chi connectivity index (χ2v) is 6.06. The van der Waals surface area contributed by atoms with Crippen LogP contribution in [0.1, 0.15) is 49.0 Å². The minimum atomic E-state index is -0.242. The second kappa shape index (κ2) is 5.56. The van der Waals surface area contributed by atoms with Gasteiger partial charge in [0, 0.05) is 31.7 Å². The fraction of sp³-hybridized carbons (Fsp3) is 0.733. The molecule has 1 aliphatic carbocycles. The number of carbonyl (C=O) groups excluding carboxylic acids is 1. The molecule has 1 saturated carbocycles. The summed E-state index contributed by atoms with van der Waals surface area (Å²) in [5.41, 5.74) is 0.641. The van der Waals surface area contributed by atoms with Crippen LogP contribution in [0.15, 0.2) is 12.3 Å². The molecule has 2 fully saturated rings. The number of aliphatic hydroxyl groups is 1. The van der Waals surface area contributed by atoms with Gasteiger partial charge in [0.05, 0.1) is 6.10 Å². The standard InChI is InChI=1S/C15H23N3O2/c1-17-13(8-9-16-17)15(20)18-10-4-6-12(18)11-5-2-3-7-14(11)19/h8-9,11-12,14,19H,2-7,10H2,1H3.